The van der Waals surface area contributed by atoms with E-state index in [2.05, 4.69) is 37.0 Å². The number of allylic oxidation sites excluding steroid dienone is 1. The monoisotopic (exact) mass is 179 g/mol. The third-order valence-electron chi connectivity index (χ3n) is 1.61. The fourth-order valence-corrected chi connectivity index (χ4v) is 1.04. The molecule has 0 bridgehead atoms. The van der Waals surface area contributed by atoms with Gasteiger partial charge < -0.3 is 0 Å². The van der Waals surface area contributed by atoms with Crippen LogP contribution < -0.4 is 0 Å². The molecule has 0 amide bonds. The first-order chi connectivity index (χ1) is 6.22. The summed E-state index contributed by atoms with van der Waals surface area (Å²) in [5.74, 6) is 0.593. The molecule has 0 saturated carbocycles. The van der Waals surface area contributed by atoms with Gasteiger partial charge in [0, 0.05) is 0 Å². The predicted molar refractivity (Wildman–Crippen MR) is 54.2 cm³/mol. The normalized spacial score (nSPS) is 11.7. The summed E-state index contributed by atoms with van der Waals surface area (Å²) in [6, 6.07) is 0. The number of rotatable bonds is 4. The Morgan fingerprint density at radius 1 is 1.54 bits per heavy atom. The minimum absolute atomic E-state index is 0.593. The predicted octanol–water partition coefficient (Wildman–Crippen LogP) is 2.36. The summed E-state index contributed by atoms with van der Waals surface area (Å²) < 4.78 is 0. The van der Waals surface area contributed by atoms with Crippen LogP contribution in [-0.4, -0.2) is 15.0 Å². The van der Waals surface area contributed by atoms with E-state index in [1.807, 2.05) is 6.08 Å². The van der Waals surface area contributed by atoms with Gasteiger partial charge in [-0.25, -0.2) is 0 Å². The molecule has 3 nitrogen and oxygen atoms in total. The van der Waals surface area contributed by atoms with E-state index in [1.165, 1.54) is 0 Å². The van der Waals surface area contributed by atoms with Gasteiger partial charge in [0.05, 0.1) is 12.7 Å². The SMILES string of the molecule is CC/C=C\c1cnn(CC(C)C)n1. The van der Waals surface area contributed by atoms with Crippen molar-refractivity contribution < 1.29 is 0 Å². The van der Waals surface area contributed by atoms with Gasteiger partial charge in [0.15, 0.2) is 0 Å². The van der Waals surface area contributed by atoms with Gasteiger partial charge in [-0.1, -0.05) is 26.8 Å². The Bertz CT molecular complexity index is 273. The van der Waals surface area contributed by atoms with Crippen molar-refractivity contribution in [1.29, 1.82) is 0 Å². The third kappa shape index (κ3) is 3.40. The van der Waals surface area contributed by atoms with Gasteiger partial charge in [-0.2, -0.15) is 15.0 Å². The number of hydrogen-bond acceptors (Lipinski definition) is 2. The van der Waals surface area contributed by atoms with Crippen LogP contribution in [0.1, 0.15) is 32.9 Å². The molecular weight excluding hydrogens is 162 g/mol. The molecule has 0 saturated heterocycles. The molecule has 0 unspecified atom stereocenters. The van der Waals surface area contributed by atoms with E-state index < -0.39 is 0 Å². The van der Waals surface area contributed by atoms with Crippen molar-refractivity contribution in [3.8, 4) is 0 Å². The third-order valence-corrected chi connectivity index (χ3v) is 1.61. The standard InChI is InChI=1S/C10H17N3/c1-4-5-6-10-7-11-13(12-10)8-9(2)3/h5-7,9H,4,8H2,1-3H3/b6-5-. The Hall–Kier alpha value is -1.12. The van der Waals surface area contributed by atoms with Gasteiger partial charge in [0.2, 0.25) is 0 Å². The highest BCUT2D eigenvalue weighted by molar-refractivity contribution is 5.41. The molecule has 0 atom stereocenters. The van der Waals surface area contributed by atoms with Gasteiger partial charge in [-0.3, -0.25) is 0 Å². The average molecular weight is 179 g/mol. The molecule has 0 radical (unpaired) electrons. The van der Waals surface area contributed by atoms with E-state index in [0.717, 1.165) is 18.7 Å². The zero-order chi connectivity index (χ0) is 9.68. The molecule has 13 heavy (non-hydrogen) atoms. The maximum Gasteiger partial charge on any atom is 0.105 e. The van der Waals surface area contributed by atoms with Crippen LogP contribution in [0, 0.1) is 5.92 Å². The van der Waals surface area contributed by atoms with Crippen LogP contribution in [0.3, 0.4) is 0 Å². The molecule has 0 aliphatic rings. The minimum Gasteiger partial charge on any atom is -0.184 e. The fraction of sp³-hybridized carbons (Fsp3) is 0.600. The van der Waals surface area contributed by atoms with Crippen molar-refractivity contribution in [1.82, 2.24) is 15.0 Å². The first kappa shape index (κ1) is 9.96. The number of nitrogens with zero attached hydrogens (tertiary/aromatic N) is 3. The van der Waals surface area contributed by atoms with E-state index in [0.29, 0.717) is 5.92 Å². The van der Waals surface area contributed by atoms with Crippen molar-refractivity contribution in [2.45, 2.75) is 33.7 Å². The summed E-state index contributed by atoms with van der Waals surface area (Å²) >= 11 is 0. The molecule has 0 aliphatic carbocycles. The summed E-state index contributed by atoms with van der Waals surface area (Å²) in [4.78, 5) is 1.75. The minimum atomic E-state index is 0.593. The van der Waals surface area contributed by atoms with Crippen LogP contribution in [-0.2, 0) is 6.54 Å². The van der Waals surface area contributed by atoms with Crippen LogP contribution >= 0.6 is 0 Å². The maximum atomic E-state index is 4.31. The van der Waals surface area contributed by atoms with E-state index >= 15 is 0 Å². The van der Waals surface area contributed by atoms with Crippen LogP contribution in [0.25, 0.3) is 6.08 Å². The van der Waals surface area contributed by atoms with Gasteiger partial charge in [0.1, 0.15) is 5.69 Å². The van der Waals surface area contributed by atoms with E-state index in [1.54, 1.807) is 11.0 Å². The lowest BCUT2D eigenvalue weighted by Crippen LogP contribution is -2.07. The topological polar surface area (TPSA) is 30.7 Å². The van der Waals surface area contributed by atoms with Gasteiger partial charge >= 0.3 is 0 Å². The Morgan fingerprint density at radius 2 is 2.31 bits per heavy atom. The second-order valence-corrected chi connectivity index (χ2v) is 3.53. The smallest absolute Gasteiger partial charge is 0.105 e. The summed E-state index contributed by atoms with van der Waals surface area (Å²) in [6.07, 6.45) is 6.93. The molecule has 1 heterocycles. The van der Waals surface area contributed by atoms with Gasteiger partial charge in [-0.15, -0.1) is 0 Å². The van der Waals surface area contributed by atoms with Gasteiger partial charge in [-0.05, 0) is 18.4 Å². The van der Waals surface area contributed by atoms with Crippen molar-refractivity contribution in [2.24, 2.45) is 5.92 Å². The van der Waals surface area contributed by atoms with Crippen LogP contribution in [0.5, 0.6) is 0 Å². The highest BCUT2D eigenvalue weighted by Crippen LogP contribution is 1.99. The quantitative estimate of drug-likeness (QED) is 0.710. The molecule has 1 aromatic heterocycles. The molecular formula is C10H17N3. The lowest BCUT2D eigenvalue weighted by atomic mass is 10.2. The first-order valence-corrected chi connectivity index (χ1v) is 4.79. The van der Waals surface area contributed by atoms with E-state index in [9.17, 15) is 0 Å². The largest absolute Gasteiger partial charge is 0.184 e. The molecule has 0 N–H and O–H groups in total. The number of hydrogen-bond donors (Lipinski definition) is 0. The fourth-order valence-electron chi connectivity index (χ4n) is 1.04. The summed E-state index contributed by atoms with van der Waals surface area (Å²) in [5, 5.41) is 8.47. The average Bonchev–Trinajstić information content (AvgIpc) is 2.48. The van der Waals surface area contributed by atoms with Crippen LogP contribution in [0.15, 0.2) is 12.3 Å². The molecule has 1 rings (SSSR count). The summed E-state index contributed by atoms with van der Waals surface area (Å²) in [6.45, 7) is 7.31. The first-order valence-electron chi connectivity index (χ1n) is 4.79. The molecule has 0 fully saturated rings. The molecule has 3 heteroatoms. The van der Waals surface area contributed by atoms with Gasteiger partial charge in [0.25, 0.3) is 0 Å². The zero-order valence-electron chi connectivity index (χ0n) is 8.57. The molecule has 0 aliphatic heterocycles. The van der Waals surface area contributed by atoms with E-state index in [-0.39, 0.29) is 0 Å². The maximum absolute atomic E-state index is 4.31. The highest BCUT2D eigenvalue weighted by Gasteiger charge is 1.99. The molecule has 0 aromatic carbocycles. The second kappa shape index (κ2) is 4.80. The second-order valence-electron chi connectivity index (χ2n) is 3.53. The molecule has 0 spiro atoms. The zero-order valence-corrected chi connectivity index (χ0v) is 8.57. The lowest BCUT2D eigenvalue weighted by Gasteiger charge is -2.01. The number of aromatic nitrogens is 3. The molecule has 1 aromatic rings. The Kier molecular flexibility index (Phi) is 3.68. The van der Waals surface area contributed by atoms with Crippen molar-refractivity contribution >= 4 is 6.08 Å². The Morgan fingerprint density at radius 3 is 2.92 bits per heavy atom. The summed E-state index contributed by atoms with van der Waals surface area (Å²) in [7, 11) is 0. The Balaban J connectivity index is 2.58. The van der Waals surface area contributed by atoms with Crippen molar-refractivity contribution in [2.75, 3.05) is 0 Å². The van der Waals surface area contributed by atoms with Crippen LogP contribution in [0.2, 0.25) is 0 Å². The van der Waals surface area contributed by atoms with E-state index in [4.69, 9.17) is 0 Å². The summed E-state index contributed by atoms with van der Waals surface area (Å²) in [5.41, 5.74) is 0.947. The molecule has 72 valence electrons. The van der Waals surface area contributed by atoms with Crippen LogP contribution in [0.4, 0.5) is 0 Å². The lowest BCUT2D eigenvalue weighted by molar-refractivity contribution is 0.437. The highest BCUT2D eigenvalue weighted by atomic mass is 15.5. The Labute approximate surface area is 79.5 Å². The van der Waals surface area contributed by atoms with Crippen molar-refractivity contribution in [3.63, 3.8) is 0 Å². The van der Waals surface area contributed by atoms with Crippen molar-refractivity contribution in [3.05, 3.63) is 18.0 Å².